The van der Waals surface area contributed by atoms with Crippen LogP contribution in [0.5, 0.6) is 0 Å². The van der Waals surface area contributed by atoms with Crippen molar-refractivity contribution in [3.63, 3.8) is 0 Å². The Labute approximate surface area is 172 Å². The van der Waals surface area contributed by atoms with E-state index in [0.29, 0.717) is 24.0 Å². The molecule has 0 saturated carbocycles. The number of benzene rings is 2. The average Bonchev–Trinajstić information content (AvgIpc) is 2.69. The van der Waals surface area contributed by atoms with Gasteiger partial charge in [0.15, 0.2) is 5.96 Å². The summed E-state index contributed by atoms with van der Waals surface area (Å²) in [5.74, 6) is 0.871. The molecule has 0 heterocycles. The molecule has 0 spiro atoms. The van der Waals surface area contributed by atoms with Crippen LogP contribution in [0, 0.1) is 11.7 Å². The predicted octanol–water partition coefficient (Wildman–Crippen LogP) is 3.02. The molecule has 0 saturated heterocycles. The highest BCUT2D eigenvalue weighted by molar-refractivity contribution is 7.89. The second kappa shape index (κ2) is 10.9. The van der Waals surface area contributed by atoms with Crippen LogP contribution in [0.15, 0.2) is 58.4 Å². The first kappa shape index (κ1) is 22.8. The van der Waals surface area contributed by atoms with E-state index in [-0.39, 0.29) is 11.4 Å². The first-order valence-corrected chi connectivity index (χ1v) is 11.1. The lowest BCUT2D eigenvalue weighted by Gasteiger charge is -2.13. The average molecular weight is 421 g/mol. The Morgan fingerprint density at radius 3 is 2.38 bits per heavy atom. The van der Waals surface area contributed by atoms with E-state index < -0.39 is 15.8 Å². The molecule has 0 aliphatic rings. The standard InChI is InChI=1S/C21H29FN4O2S/c1-16(2)10-11-24-21(23-3)25-14-18-7-5-9-20(13-18)29(27,28)26-15-17-6-4-8-19(22)12-17/h4-9,12-13,16,26H,10-11,14-15H2,1-3H3,(H2,23,24,25). The van der Waals surface area contributed by atoms with E-state index in [1.165, 1.54) is 18.2 Å². The van der Waals surface area contributed by atoms with E-state index >= 15 is 0 Å². The zero-order chi connectivity index (χ0) is 21.3. The number of halogens is 1. The summed E-state index contributed by atoms with van der Waals surface area (Å²) in [7, 11) is -2.01. The fourth-order valence-corrected chi connectivity index (χ4v) is 3.70. The number of rotatable bonds is 9. The van der Waals surface area contributed by atoms with Crippen LogP contribution in [0.2, 0.25) is 0 Å². The normalized spacial score (nSPS) is 12.2. The fraction of sp³-hybridized carbons (Fsp3) is 0.381. The Hall–Kier alpha value is -2.45. The van der Waals surface area contributed by atoms with E-state index in [4.69, 9.17) is 0 Å². The van der Waals surface area contributed by atoms with Crippen molar-refractivity contribution in [1.82, 2.24) is 15.4 Å². The first-order chi connectivity index (χ1) is 13.8. The molecule has 0 bridgehead atoms. The van der Waals surface area contributed by atoms with Gasteiger partial charge in [0.1, 0.15) is 5.82 Å². The van der Waals surface area contributed by atoms with E-state index in [1.54, 1.807) is 31.3 Å². The second-order valence-corrected chi connectivity index (χ2v) is 8.90. The van der Waals surface area contributed by atoms with Crippen LogP contribution in [0.25, 0.3) is 0 Å². The van der Waals surface area contributed by atoms with Crippen molar-refractivity contribution < 1.29 is 12.8 Å². The van der Waals surface area contributed by atoms with Gasteiger partial charge in [-0.3, -0.25) is 4.99 Å². The number of hydrogen-bond donors (Lipinski definition) is 3. The molecule has 8 heteroatoms. The third kappa shape index (κ3) is 7.83. The molecule has 158 valence electrons. The Bertz CT molecular complexity index is 930. The van der Waals surface area contributed by atoms with E-state index in [0.717, 1.165) is 18.5 Å². The molecule has 2 rings (SSSR count). The number of nitrogens with one attached hydrogen (secondary N) is 3. The third-order valence-corrected chi connectivity index (χ3v) is 5.66. The molecule has 2 aromatic carbocycles. The predicted molar refractivity (Wildman–Crippen MR) is 115 cm³/mol. The Morgan fingerprint density at radius 1 is 1.03 bits per heavy atom. The molecular formula is C21H29FN4O2S. The zero-order valence-corrected chi connectivity index (χ0v) is 17.9. The fourth-order valence-electron chi connectivity index (χ4n) is 2.62. The first-order valence-electron chi connectivity index (χ1n) is 9.57. The van der Waals surface area contributed by atoms with E-state index in [2.05, 4.69) is 34.2 Å². The van der Waals surface area contributed by atoms with Gasteiger partial charge in [0, 0.05) is 26.7 Å². The molecule has 0 amide bonds. The summed E-state index contributed by atoms with van der Waals surface area (Å²) in [6, 6.07) is 12.5. The smallest absolute Gasteiger partial charge is 0.240 e. The van der Waals surface area contributed by atoms with Crippen LogP contribution in [0.1, 0.15) is 31.4 Å². The SMILES string of the molecule is CN=C(NCCC(C)C)NCc1cccc(S(=O)(=O)NCc2cccc(F)c2)c1. The maximum Gasteiger partial charge on any atom is 0.240 e. The van der Waals surface area contributed by atoms with Crippen LogP contribution in [0.3, 0.4) is 0 Å². The molecule has 0 fully saturated rings. The summed E-state index contributed by atoms with van der Waals surface area (Å²) in [6.45, 7) is 5.59. The minimum Gasteiger partial charge on any atom is -0.356 e. The van der Waals surface area contributed by atoms with Gasteiger partial charge in [-0.2, -0.15) is 0 Å². The van der Waals surface area contributed by atoms with Crippen LogP contribution >= 0.6 is 0 Å². The van der Waals surface area contributed by atoms with E-state index in [9.17, 15) is 12.8 Å². The van der Waals surface area contributed by atoms with Crippen LogP contribution in [-0.2, 0) is 23.1 Å². The van der Waals surface area contributed by atoms with Gasteiger partial charge in [0.05, 0.1) is 4.90 Å². The van der Waals surface area contributed by atoms with Crippen LogP contribution in [0.4, 0.5) is 4.39 Å². The molecule has 0 aliphatic heterocycles. The second-order valence-electron chi connectivity index (χ2n) is 7.14. The zero-order valence-electron chi connectivity index (χ0n) is 17.1. The van der Waals surface area contributed by atoms with Gasteiger partial charge in [-0.15, -0.1) is 0 Å². The lowest BCUT2D eigenvalue weighted by molar-refractivity contribution is 0.573. The number of sulfonamides is 1. The maximum atomic E-state index is 13.3. The van der Waals surface area contributed by atoms with Gasteiger partial charge in [0.2, 0.25) is 10.0 Å². The van der Waals surface area contributed by atoms with Crippen molar-refractivity contribution in [2.75, 3.05) is 13.6 Å². The molecule has 3 N–H and O–H groups in total. The molecule has 2 aromatic rings. The number of nitrogens with zero attached hydrogens (tertiary/aromatic N) is 1. The molecular weight excluding hydrogens is 391 g/mol. The van der Waals surface area contributed by atoms with Crippen molar-refractivity contribution >= 4 is 16.0 Å². The van der Waals surface area contributed by atoms with Crippen LogP contribution < -0.4 is 15.4 Å². The molecule has 0 aromatic heterocycles. The van der Waals surface area contributed by atoms with Gasteiger partial charge in [0.25, 0.3) is 0 Å². The highest BCUT2D eigenvalue weighted by atomic mass is 32.2. The summed E-state index contributed by atoms with van der Waals surface area (Å²) in [5.41, 5.74) is 1.37. The lowest BCUT2D eigenvalue weighted by Crippen LogP contribution is -2.37. The third-order valence-electron chi connectivity index (χ3n) is 4.26. The quantitative estimate of drug-likeness (QED) is 0.430. The molecule has 0 radical (unpaired) electrons. The highest BCUT2D eigenvalue weighted by Gasteiger charge is 2.14. The summed E-state index contributed by atoms with van der Waals surface area (Å²) in [6.07, 6.45) is 1.03. The maximum absolute atomic E-state index is 13.3. The topological polar surface area (TPSA) is 82.6 Å². The van der Waals surface area contributed by atoms with Crippen LogP contribution in [-0.4, -0.2) is 28.0 Å². The molecule has 29 heavy (non-hydrogen) atoms. The number of aliphatic imine (C=N–C) groups is 1. The minimum atomic E-state index is -3.71. The molecule has 6 nitrogen and oxygen atoms in total. The largest absolute Gasteiger partial charge is 0.356 e. The van der Waals surface area contributed by atoms with Crippen molar-refractivity contribution in [3.8, 4) is 0 Å². The van der Waals surface area contributed by atoms with Crippen molar-refractivity contribution in [2.24, 2.45) is 10.9 Å². The highest BCUT2D eigenvalue weighted by Crippen LogP contribution is 2.13. The molecule has 0 unspecified atom stereocenters. The van der Waals surface area contributed by atoms with Crippen molar-refractivity contribution in [2.45, 2.75) is 38.3 Å². The summed E-state index contributed by atoms with van der Waals surface area (Å²) in [5, 5.41) is 6.42. The molecule has 0 aliphatic carbocycles. The summed E-state index contributed by atoms with van der Waals surface area (Å²) >= 11 is 0. The summed E-state index contributed by atoms with van der Waals surface area (Å²) < 4.78 is 40.9. The van der Waals surface area contributed by atoms with Crippen molar-refractivity contribution in [3.05, 3.63) is 65.5 Å². The van der Waals surface area contributed by atoms with Gasteiger partial charge in [-0.1, -0.05) is 38.1 Å². The molecule has 0 atom stereocenters. The Morgan fingerprint density at radius 2 is 1.72 bits per heavy atom. The summed E-state index contributed by atoms with van der Waals surface area (Å²) in [4.78, 5) is 4.34. The van der Waals surface area contributed by atoms with Gasteiger partial charge < -0.3 is 10.6 Å². The monoisotopic (exact) mass is 420 g/mol. The minimum absolute atomic E-state index is 0.0228. The van der Waals surface area contributed by atoms with Gasteiger partial charge >= 0.3 is 0 Å². The number of guanidine groups is 1. The van der Waals surface area contributed by atoms with Crippen molar-refractivity contribution in [1.29, 1.82) is 0 Å². The van der Waals surface area contributed by atoms with E-state index in [1.807, 2.05) is 6.07 Å². The van der Waals surface area contributed by atoms with Gasteiger partial charge in [-0.05, 0) is 47.7 Å². The number of hydrogen-bond acceptors (Lipinski definition) is 3. The Balaban J connectivity index is 1.96. The lowest BCUT2D eigenvalue weighted by atomic mass is 10.1. The van der Waals surface area contributed by atoms with Gasteiger partial charge in [-0.25, -0.2) is 17.5 Å². The Kier molecular flexibility index (Phi) is 8.60.